The van der Waals surface area contributed by atoms with Crippen LogP contribution in [-0.4, -0.2) is 25.2 Å². The highest BCUT2D eigenvalue weighted by atomic mass is 79.9. The summed E-state index contributed by atoms with van der Waals surface area (Å²) in [4.78, 5) is 2.46. The van der Waals surface area contributed by atoms with Gasteiger partial charge in [0.2, 0.25) is 0 Å². The van der Waals surface area contributed by atoms with Gasteiger partial charge in [0.25, 0.3) is 0 Å². The number of nitrogens with zero attached hydrogens (tertiary/aromatic N) is 1. The van der Waals surface area contributed by atoms with Crippen LogP contribution < -0.4 is 10.2 Å². The largest absolute Gasteiger partial charge is 0.370 e. The molecule has 0 aromatic heterocycles. The Hall–Kier alpha value is -0.540. The summed E-state index contributed by atoms with van der Waals surface area (Å²) in [6.07, 6.45) is 1.20. The van der Waals surface area contributed by atoms with Crippen LogP contribution in [0.4, 0.5) is 5.69 Å². The molecule has 0 radical (unpaired) electrons. The number of hydrogen-bond acceptors (Lipinski definition) is 2. The molecule has 2 nitrogen and oxygen atoms in total. The molecule has 0 atom stereocenters. The summed E-state index contributed by atoms with van der Waals surface area (Å²) < 4.78 is 1.15. The van der Waals surface area contributed by atoms with Gasteiger partial charge >= 0.3 is 0 Å². The number of nitrogens with one attached hydrogen (secondary N) is 1. The lowest BCUT2D eigenvalue weighted by molar-refractivity contribution is 0.416. The van der Waals surface area contributed by atoms with Crippen molar-refractivity contribution in [2.75, 3.05) is 24.5 Å². The minimum Gasteiger partial charge on any atom is -0.370 e. The van der Waals surface area contributed by atoms with E-state index in [0.29, 0.717) is 0 Å². The molecule has 0 saturated carbocycles. The maximum absolute atomic E-state index is 3.58. The summed E-state index contributed by atoms with van der Waals surface area (Å²) in [5, 5.41) is 3.58. The highest BCUT2D eigenvalue weighted by Crippen LogP contribution is 2.23. The Morgan fingerprint density at radius 1 is 1.38 bits per heavy atom. The van der Waals surface area contributed by atoms with Gasteiger partial charge in [-0.2, -0.15) is 0 Å². The van der Waals surface area contributed by atoms with E-state index in [9.17, 15) is 0 Å². The molecule has 1 saturated heterocycles. The summed E-state index contributed by atoms with van der Waals surface area (Å²) in [7, 11) is 0. The van der Waals surface area contributed by atoms with E-state index in [4.69, 9.17) is 0 Å². The maximum atomic E-state index is 3.58. The van der Waals surface area contributed by atoms with Crippen LogP contribution in [0.3, 0.4) is 0 Å². The predicted octanol–water partition coefficient (Wildman–Crippen LogP) is 3.03. The third-order valence-electron chi connectivity index (χ3n) is 2.97. The van der Waals surface area contributed by atoms with E-state index < -0.39 is 0 Å². The van der Waals surface area contributed by atoms with Crippen molar-refractivity contribution in [2.45, 2.75) is 25.8 Å². The number of anilines is 1. The molecule has 0 amide bonds. The molecule has 2 rings (SSSR count). The molecule has 1 aromatic carbocycles. The van der Waals surface area contributed by atoms with E-state index in [1.54, 1.807) is 0 Å². The molecule has 88 valence electrons. The van der Waals surface area contributed by atoms with Crippen LogP contribution in [0, 0.1) is 0 Å². The lowest BCUT2D eigenvalue weighted by Crippen LogP contribution is -2.46. The highest BCUT2D eigenvalue weighted by molar-refractivity contribution is 9.10. The van der Waals surface area contributed by atoms with Crippen molar-refractivity contribution in [2.24, 2.45) is 0 Å². The van der Waals surface area contributed by atoms with Crippen LogP contribution >= 0.6 is 15.9 Å². The standard InChI is InChI=1S/C13H19BrN2/c1-13(2)10-16(8-4-7-15-13)12-6-3-5-11(14)9-12/h3,5-6,9,15H,4,7-8,10H2,1-2H3. The van der Waals surface area contributed by atoms with Gasteiger partial charge < -0.3 is 10.2 Å². The fourth-order valence-corrected chi connectivity index (χ4v) is 2.59. The van der Waals surface area contributed by atoms with E-state index >= 15 is 0 Å². The highest BCUT2D eigenvalue weighted by Gasteiger charge is 2.23. The Morgan fingerprint density at radius 3 is 2.94 bits per heavy atom. The summed E-state index contributed by atoms with van der Waals surface area (Å²) in [6.45, 7) is 7.83. The van der Waals surface area contributed by atoms with Gasteiger partial charge in [-0.05, 0) is 45.0 Å². The minimum absolute atomic E-state index is 0.193. The Balaban J connectivity index is 2.19. The van der Waals surface area contributed by atoms with E-state index in [1.807, 2.05) is 0 Å². The van der Waals surface area contributed by atoms with Gasteiger partial charge in [0.1, 0.15) is 0 Å². The average molecular weight is 283 g/mol. The first-order valence-corrected chi connectivity index (χ1v) is 6.62. The molecule has 16 heavy (non-hydrogen) atoms. The van der Waals surface area contributed by atoms with Gasteiger partial charge in [0, 0.05) is 28.8 Å². The summed E-state index contributed by atoms with van der Waals surface area (Å²) in [5.41, 5.74) is 1.50. The molecular weight excluding hydrogens is 264 g/mol. The van der Waals surface area contributed by atoms with Crippen molar-refractivity contribution in [1.29, 1.82) is 0 Å². The van der Waals surface area contributed by atoms with Crippen LogP contribution in [-0.2, 0) is 0 Å². The fraction of sp³-hybridized carbons (Fsp3) is 0.538. The summed E-state index contributed by atoms with van der Waals surface area (Å²) in [6, 6.07) is 8.56. The second-order valence-corrected chi connectivity index (χ2v) is 5.98. The molecule has 0 aliphatic carbocycles. The van der Waals surface area contributed by atoms with Crippen molar-refractivity contribution in [3.05, 3.63) is 28.7 Å². The monoisotopic (exact) mass is 282 g/mol. The molecule has 1 N–H and O–H groups in total. The normalized spacial score (nSPS) is 20.6. The quantitative estimate of drug-likeness (QED) is 0.852. The molecule has 1 fully saturated rings. The molecule has 1 heterocycles. The third-order valence-corrected chi connectivity index (χ3v) is 3.46. The Labute approximate surface area is 106 Å². The molecule has 0 unspecified atom stereocenters. The van der Waals surface area contributed by atoms with E-state index in [-0.39, 0.29) is 5.54 Å². The van der Waals surface area contributed by atoms with Crippen molar-refractivity contribution in [3.63, 3.8) is 0 Å². The van der Waals surface area contributed by atoms with Gasteiger partial charge in [0.05, 0.1) is 0 Å². The molecule has 1 aliphatic rings. The van der Waals surface area contributed by atoms with Crippen molar-refractivity contribution in [3.8, 4) is 0 Å². The van der Waals surface area contributed by atoms with Crippen LogP contribution in [0.15, 0.2) is 28.7 Å². The SMILES string of the molecule is CC1(C)CN(c2cccc(Br)c2)CCCN1. The zero-order valence-corrected chi connectivity index (χ0v) is 11.5. The second-order valence-electron chi connectivity index (χ2n) is 5.07. The molecule has 0 spiro atoms. The zero-order chi connectivity index (χ0) is 11.6. The van der Waals surface area contributed by atoms with Gasteiger partial charge in [-0.1, -0.05) is 22.0 Å². The van der Waals surface area contributed by atoms with Gasteiger partial charge in [-0.25, -0.2) is 0 Å². The summed E-state index contributed by atoms with van der Waals surface area (Å²) >= 11 is 3.53. The number of halogens is 1. The number of rotatable bonds is 1. The Bertz CT molecular complexity index is 363. The maximum Gasteiger partial charge on any atom is 0.0378 e. The van der Waals surface area contributed by atoms with Crippen molar-refractivity contribution >= 4 is 21.6 Å². The minimum atomic E-state index is 0.193. The van der Waals surface area contributed by atoms with Gasteiger partial charge in [0.15, 0.2) is 0 Å². The van der Waals surface area contributed by atoms with E-state index in [1.165, 1.54) is 12.1 Å². The van der Waals surface area contributed by atoms with E-state index in [2.05, 4.69) is 64.3 Å². The van der Waals surface area contributed by atoms with Gasteiger partial charge in [-0.15, -0.1) is 0 Å². The number of benzene rings is 1. The van der Waals surface area contributed by atoms with Crippen molar-refractivity contribution < 1.29 is 0 Å². The topological polar surface area (TPSA) is 15.3 Å². The van der Waals surface area contributed by atoms with Gasteiger partial charge in [-0.3, -0.25) is 0 Å². The third kappa shape index (κ3) is 2.98. The zero-order valence-electron chi connectivity index (χ0n) is 9.96. The van der Waals surface area contributed by atoms with E-state index in [0.717, 1.165) is 24.1 Å². The van der Waals surface area contributed by atoms with Crippen LogP contribution in [0.25, 0.3) is 0 Å². The first-order chi connectivity index (χ1) is 7.57. The van der Waals surface area contributed by atoms with Crippen molar-refractivity contribution in [1.82, 2.24) is 5.32 Å². The lowest BCUT2D eigenvalue weighted by Gasteiger charge is -2.31. The smallest absolute Gasteiger partial charge is 0.0378 e. The average Bonchev–Trinajstić information content (AvgIpc) is 2.39. The molecule has 3 heteroatoms. The molecule has 0 bridgehead atoms. The molecule has 1 aromatic rings. The Morgan fingerprint density at radius 2 is 2.19 bits per heavy atom. The molecule has 1 aliphatic heterocycles. The van der Waals surface area contributed by atoms with Crippen LogP contribution in [0.2, 0.25) is 0 Å². The predicted molar refractivity (Wildman–Crippen MR) is 73.1 cm³/mol. The number of hydrogen-bond donors (Lipinski definition) is 1. The fourth-order valence-electron chi connectivity index (χ4n) is 2.20. The summed E-state index contributed by atoms with van der Waals surface area (Å²) in [5.74, 6) is 0. The lowest BCUT2D eigenvalue weighted by atomic mass is 10.1. The molecular formula is C13H19BrN2. The van der Waals surface area contributed by atoms with Crippen LogP contribution in [0.5, 0.6) is 0 Å². The first-order valence-electron chi connectivity index (χ1n) is 5.82. The second kappa shape index (κ2) is 4.76. The Kier molecular flexibility index (Phi) is 3.55. The first kappa shape index (κ1) is 11.9. The van der Waals surface area contributed by atoms with Crippen LogP contribution in [0.1, 0.15) is 20.3 Å².